The summed E-state index contributed by atoms with van der Waals surface area (Å²) in [5, 5.41) is 2.42. The Hall–Kier alpha value is -2.84. The summed E-state index contributed by atoms with van der Waals surface area (Å²) < 4.78 is 37.4. The predicted octanol–water partition coefficient (Wildman–Crippen LogP) is 2.53. The van der Waals surface area contributed by atoms with Gasteiger partial charge in [0.25, 0.3) is 5.91 Å². The number of benzene rings is 2. The molecule has 0 saturated carbocycles. The first kappa shape index (κ1) is 21.9. The summed E-state index contributed by atoms with van der Waals surface area (Å²) in [6.45, 7) is 2.95. The van der Waals surface area contributed by atoms with Gasteiger partial charge in [-0.15, -0.1) is 0 Å². The Morgan fingerprint density at radius 1 is 1.17 bits per heavy atom. The van der Waals surface area contributed by atoms with Crippen molar-refractivity contribution in [2.75, 3.05) is 32.8 Å². The van der Waals surface area contributed by atoms with Crippen LogP contribution in [0.2, 0.25) is 0 Å². The third kappa shape index (κ3) is 6.60. The van der Waals surface area contributed by atoms with Crippen LogP contribution in [-0.4, -0.2) is 55.7 Å². The van der Waals surface area contributed by atoms with Crippen LogP contribution in [0.5, 0.6) is 0 Å². The number of nitrogens with zero attached hydrogens (tertiary/aromatic N) is 1. The zero-order valence-electron chi connectivity index (χ0n) is 16.5. The molecule has 30 heavy (non-hydrogen) atoms. The molecule has 1 heterocycles. The van der Waals surface area contributed by atoms with Gasteiger partial charge in [0.05, 0.1) is 18.6 Å². The van der Waals surface area contributed by atoms with Crippen LogP contribution in [0.25, 0.3) is 0 Å². The molecule has 8 heteroatoms. The number of hydrogen-bond donors (Lipinski definition) is 1. The van der Waals surface area contributed by atoms with Gasteiger partial charge in [0.15, 0.2) is 0 Å². The minimum Gasteiger partial charge on any atom is -0.463 e. The van der Waals surface area contributed by atoms with Crippen LogP contribution in [0.3, 0.4) is 0 Å². The van der Waals surface area contributed by atoms with Crippen LogP contribution in [-0.2, 0) is 20.8 Å². The van der Waals surface area contributed by atoms with Crippen molar-refractivity contribution in [3.05, 3.63) is 71.3 Å². The molecule has 0 aliphatic carbocycles. The second-order valence-corrected chi connectivity index (χ2v) is 7.03. The molecule has 0 spiro atoms. The Bertz CT molecular complexity index is 863. The highest BCUT2D eigenvalue weighted by atomic mass is 19.1. The SMILES string of the molecule is O=C(CCNC(=O)c1ccc(F)cc1F)OCC1CN(Cc2ccccc2)CCO1. The maximum Gasteiger partial charge on any atom is 0.307 e. The van der Waals surface area contributed by atoms with E-state index in [4.69, 9.17) is 9.47 Å². The minimum absolute atomic E-state index is 0.0138. The zero-order valence-corrected chi connectivity index (χ0v) is 16.5. The Morgan fingerprint density at radius 2 is 1.97 bits per heavy atom. The zero-order chi connectivity index (χ0) is 21.3. The molecule has 2 aromatic rings. The fourth-order valence-corrected chi connectivity index (χ4v) is 3.17. The first-order chi connectivity index (χ1) is 14.5. The normalized spacial score (nSPS) is 16.8. The monoisotopic (exact) mass is 418 g/mol. The number of amides is 1. The molecular weight excluding hydrogens is 394 g/mol. The van der Waals surface area contributed by atoms with Gasteiger partial charge in [-0.1, -0.05) is 30.3 Å². The molecule has 1 aliphatic heterocycles. The quantitative estimate of drug-likeness (QED) is 0.668. The van der Waals surface area contributed by atoms with Crippen molar-refractivity contribution in [1.29, 1.82) is 0 Å². The Kier molecular flexibility index (Phi) is 7.87. The second kappa shape index (κ2) is 10.8. The lowest BCUT2D eigenvalue weighted by molar-refractivity contribution is -0.150. The third-order valence-electron chi connectivity index (χ3n) is 4.69. The van der Waals surface area contributed by atoms with Gasteiger partial charge in [0.2, 0.25) is 0 Å². The summed E-state index contributed by atoms with van der Waals surface area (Å²) in [7, 11) is 0. The molecule has 1 amide bonds. The molecule has 6 nitrogen and oxygen atoms in total. The van der Waals surface area contributed by atoms with Crippen LogP contribution in [0.4, 0.5) is 8.78 Å². The first-order valence-electron chi connectivity index (χ1n) is 9.78. The lowest BCUT2D eigenvalue weighted by Crippen LogP contribution is -2.44. The molecule has 160 valence electrons. The van der Waals surface area contributed by atoms with E-state index < -0.39 is 23.5 Å². The molecule has 1 fully saturated rings. The molecule has 0 radical (unpaired) electrons. The van der Waals surface area contributed by atoms with E-state index in [0.29, 0.717) is 19.2 Å². The highest BCUT2D eigenvalue weighted by molar-refractivity contribution is 5.94. The van der Waals surface area contributed by atoms with Crippen LogP contribution >= 0.6 is 0 Å². The summed E-state index contributed by atoms with van der Waals surface area (Å²) in [6, 6.07) is 12.8. The highest BCUT2D eigenvalue weighted by Gasteiger charge is 2.22. The van der Waals surface area contributed by atoms with Crippen molar-refractivity contribution < 1.29 is 27.8 Å². The number of nitrogens with one attached hydrogen (secondary N) is 1. The molecule has 1 N–H and O–H groups in total. The van der Waals surface area contributed by atoms with E-state index in [-0.39, 0.29) is 31.2 Å². The van der Waals surface area contributed by atoms with Crippen LogP contribution in [0, 0.1) is 11.6 Å². The van der Waals surface area contributed by atoms with Crippen molar-refractivity contribution in [2.24, 2.45) is 0 Å². The number of morpholine rings is 1. The van der Waals surface area contributed by atoms with Crippen molar-refractivity contribution in [2.45, 2.75) is 19.1 Å². The molecular formula is C22H24F2N2O4. The molecule has 0 aromatic heterocycles. The Balaban J connectivity index is 1.35. The van der Waals surface area contributed by atoms with E-state index in [1.54, 1.807) is 0 Å². The van der Waals surface area contributed by atoms with Gasteiger partial charge in [0.1, 0.15) is 24.3 Å². The van der Waals surface area contributed by atoms with E-state index in [2.05, 4.69) is 22.3 Å². The number of halogens is 2. The molecule has 1 atom stereocenters. The minimum atomic E-state index is -0.954. The number of hydrogen-bond acceptors (Lipinski definition) is 5. The maximum atomic E-state index is 13.6. The number of carbonyl (C=O) groups is 2. The topological polar surface area (TPSA) is 67.9 Å². The van der Waals surface area contributed by atoms with Crippen molar-refractivity contribution in [3.63, 3.8) is 0 Å². The van der Waals surface area contributed by atoms with Crippen LogP contribution in [0.15, 0.2) is 48.5 Å². The van der Waals surface area contributed by atoms with Crippen molar-refractivity contribution in [3.8, 4) is 0 Å². The highest BCUT2D eigenvalue weighted by Crippen LogP contribution is 2.11. The van der Waals surface area contributed by atoms with E-state index >= 15 is 0 Å². The van der Waals surface area contributed by atoms with Crippen molar-refractivity contribution in [1.82, 2.24) is 10.2 Å². The van der Waals surface area contributed by atoms with Gasteiger partial charge < -0.3 is 14.8 Å². The van der Waals surface area contributed by atoms with Crippen LogP contribution in [0.1, 0.15) is 22.3 Å². The average Bonchev–Trinajstić information content (AvgIpc) is 2.73. The summed E-state index contributed by atoms with van der Waals surface area (Å²) in [4.78, 5) is 26.1. The molecule has 0 bridgehead atoms. The van der Waals surface area contributed by atoms with Gasteiger partial charge in [-0.05, 0) is 17.7 Å². The standard InChI is InChI=1S/C22H24F2N2O4/c23-17-6-7-19(20(24)12-17)22(28)25-9-8-21(27)30-15-18-14-26(10-11-29-18)13-16-4-2-1-3-5-16/h1-7,12,18H,8-11,13-15H2,(H,25,28). The second-order valence-electron chi connectivity index (χ2n) is 7.03. The summed E-state index contributed by atoms with van der Waals surface area (Å²) in [6.07, 6.45) is -0.274. The molecule has 1 aliphatic rings. The lowest BCUT2D eigenvalue weighted by atomic mass is 10.2. The molecule has 2 aromatic carbocycles. The smallest absolute Gasteiger partial charge is 0.307 e. The predicted molar refractivity (Wildman–Crippen MR) is 106 cm³/mol. The Labute approximate surface area is 173 Å². The van der Waals surface area contributed by atoms with E-state index in [9.17, 15) is 18.4 Å². The molecule has 3 rings (SSSR count). The maximum absolute atomic E-state index is 13.6. The summed E-state index contributed by atoms with van der Waals surface area (Å²) >= 11 is 0. The molecule has 1 unspecified atom stereocenters. The van der Waals surface area contributed by atoms with Gasteiger partial charge in [-0.3, -0.25) is 14.5 Å². The Morgan fingerprint density at radius 3 is 2.73 bits per heavy atom. The third-order valence-corrected chi connectivity index (χ3v) is 4.69. The average molecular weight is 418 g/mol. The van der Waals surface area contributed by atoms with Gasteiger partial charge >= 0.3 is 5.97 Å². The van der Waals surface area contributed by atoms with E-state index in [1.165, 1.54) is 5.56 Å². The van der Waals surface area contributed by atoms with Gasteiger partial charge in [-0.2, -0.15) is 0 Å². The number of rotatable bonds is 8. The fraction of sp³-hybridized carbons (Fsp3) is 0.364. The first-order valence-corrected chi connectivity index (χ1v) is 9.78. The van der Waals surface area contributed by atoms with Gasteiger partial charge in [-0.25, -0.2) is 8.78 Å². The number of esters is 1. The largest absolute Gasteiger partial charge is 0.463 e. The fourth-order valence-electron chi connectivity index (χ4n) is 3.17. The van der Waals surface area contributed by atoms with Gasteiger partial charge in [0, 0.05) is 32.2 Å². The van der Waals surface area contributed by atoms with E-state index in [1.807, 2.05) is 18.2 Å². The van der Waals surface area contributed by atoms with Crippen LogP contribution < -0.4 is 5.32 Å². The van der Waals surface area contributed by atoms with E-state index in [0.717, 1.165) is 25.2 Å². The number of ether oxygens (including phenoxy) is 2. The lowest BCUT2D eigenvalue weighted by Gasteiger charge is -2.32. The summed E-state index contributed by atoms with van der Waals surface area (Å²) in [5.74, 6) is -2.92. The number of carbonyl (C=O) groups excluding carboxylic acids is 2. The molecule has 1 saturated heterocycles. The summed E-state index contributed by atoms with van der Waals surface area (Å²) in [5.41, 5.74) is 0.933. The van der Waals surface area contributed by atoms with Crippen molar-refractivity contribution >= 4 is 11.9 Å².